The average Bonchev–Trinajstić information content (AvgIpc) is 1.84. The lowest BCUT2D eigenvalue weighted by Gasteiger charge is -2.19. The molecule has 0 rings (SSSR count). The second-order valence-corrected chi connectivity index (χ2v) is 3.75. The Morgan fingerprint density at radius 3 is 1.89 bits per heavy atom. The van der Waals surface area contributed by atoms with E-state index in [1.165, 1.54) is 0 Å². The molecular formula is C7H15IO. The van der Waals surface area contributed by atoms with Crippen molar-refractivity contribution in [3.63, 3.8) is 0 Å². The van der Waals surface area contributed by atoms with Gasteiger partial charge in [0, 0.05) is 4.43 Å². The third-order valence-electron chi connectivity index (χ3n) is 1.51. The summed E-state index contributed by atoms with van der Waals surface area (Å²) in [5.74, 6) is 0.834. The molecule has 0 aliphatic rings. The van der Waals surface area contributed by atoms with Gasteiger partial charge in [0.1, 0.15) is 0 Å². The summed E-state index contributed by atoms with van der Waals surface area (Å²) >= 11 is 2.30. The van der Waals surface area contributed by atoms with Crippen LogP contribution in [0.4, 0.5) is 0 Å². The Hall–Kier alpha value is 0.690. The number of hydrogen-bond donors (Lipinski definition) is 1. The van der Waals surface area contributed by atoms with Crippen LogP contribution in [0.15, 0.2) is 0 Å². The van der Waals surface area contributed by atoms with E-state index in [1.54, 1.807) is 0 Å². The van der Waals surface area contributed by atoms with Crippen molar-refractivity contribution in [2.75, 3.05) is 4.43 Å². The quantitative estimate of drug-likeness (QED) is 0.593. The molecule has 1 N–H and O–H groups in total. The van der Waals surface area contributed by atoms with Gasteiger partial charge in [0.05, 0.1) is 6.10 Å². The van der Waals surface area contributed by atoms with Crippen molar-refractivity contribution in [3.05, 3.63) is 0 Å². The minimum atomic E-state index is -0.123. The summed E-state index contributed by atoms with van der Waals surface area (Å²) in [5.41, 5.74) is 0. The molecule has 0 aliphatic carbocycles. The van der Waals surface area contributed by atoms with E-state index >= 15 is 0 Å². The molecule has 0 aromatic heterocycles. The van der Waals surface area contributed by atoms with E-state index in [0.717, 1.165) is 4.43 Å². The van der Waals surface area contributed by atoms with Gasteiger partial charge in [0.2, 0.25) is 0 Å². The fourth-order valence-corrected chi connectivity index (χ4v) is 1.27. The van der Waals surface area contributed by atoms with E-state index in [9.17, 15) is 5.11 Å². The van der Waals surface area contributed by atoms with Crippen LogP contribution in [0.3, 0.4) is 0 Å². The highest BCUT2D eigenvalue weighted by Crippen LogP contribution is 2.13. The van der Waals surface area contributed by atoms with Crippen LogP contribution in [-0.4, -0.2) is 15.6 Å². The largest absolute Gasteiger partial charge is 0.393 e. The minimum absolute atomic E-state index is 0.123. The van der Waals surface area contributed by atoms with Crippen molar-refractivity contribution in [1.82, 2.24) is 0 Å². The average molecular weight is 242 g/mol. The van der Waals surface area contributed by atoms with Crippen molar-refractivity contribution in [1.29, 1.82) is 0 Å². The lowest BCUT2D eigenvalue weighted by atomic mass is 9.97. The van der Waals surface area contributed by atoms with E-state index in [1.807, 2.05) is 13.8 Å². The highest BCUT2D eigenvalue weighted by Gasteiger charge is 2.15. The first-order valence-electron chi connectivity index (χ1n) is 3.33. The predicted octanol–water partition coefficient (Wildman–Crippen LogP) is 2.07. The molecule has 0 aromatic carbocycles. The summed E-state index contributed by atoms with van der Waals surface area (Å²) in [6.45, 7) is 6.18. The van der Waals surface area contributed by atoms with Gasteiger partial charge in [-0.25, -0.2) is 0 Å². The first-order chi connectivity index (χ1) is 4.09. The van der Waals surface area contributed by atoms with Crippen molar-refractivity contribution in [2.45, 2.75) is 26.9 Å². The van der Waals surface area contributed by atoms with Gasteiger partial charge in [-0.2, -0.15) is 0 Å². The van der Waals surface area contributed by atoms with E-state index in [2.05, 4.69) is 29.5 Å². The van der Waals surface area contributed by atoms with Crippen LogP contribution in [0, 0.1) is 11.8 Å². The number of aliphatic hydroxyl groups excluding tert-OH is 1. The second kappa shape index (κ2) is 4.50. The van der Waals surface area contributed by atoms with Crippen LogP contribution in [0.25, 0.3) is 0 Å². The minimum Gasteiger partial charge on any atom is -0.393 e. The fourth-order valence-electron chi connectivity index (χ4n) is 0.748. The molecular weight excluding hydrogens is 227 g/mol. The van der Waals surface area contributed by atoms with E-state index in [0.29, 0.717) is 11.8 Å². The van der Waals surface area contributed by atoms with Crippen LogP contribution in [0.1, 0.15) is 20.8 Å². The summed E-state index contributed by atoms with van der Waals surface area (Å²) in [4.78, 5) is 0. The zero-order valence-corrected chi connectivity index (χ0v) is 8.42. The second-order valence-electron chi connectivity index (χ2n) is 2.87. The van der Waals surface area contributed by atoms with Crippen molar-refractivity contribution in [2.24, 2.45) is 11.8 Å². The van der Waals surface area contributed by atoms with Gasteiger partial charge in [-0.1, -0.05) is 43.4 Å². The Morgan fingerprint density at radius 2 is 1.78 bits per heavy atom. The van der Waals surface area contributed by atoms with Crippen LogP contribution in [-0.2, 0) is 0 Å². The maximum absolute atomic E-state index is 9.39. The fraction of sp³-hybridized carbons (Fsp3) is 1.00. The Kier molecular flexibility index (Phi) is 4.84. The standard InChI is InChI=1S/C7H15IO/c1-5(2)7(9)6(3)4-8/h5-7,9H,4H2,1-3H3. The number of aliphatic hydroxyl groups is 1. The third-order valence-corrected chi connectivity index (χ3v) is 2.90. The Balaban J connectivity index is 3.58. The molecule has 0 spiro atoms. The number of hydrogen-bond acceptors (Lipinski definition) is 1. The Bertz CT molecular complexity index is 73.3. The van der Waals surface area contributed by atoms with Crippen LogP contribution in [0.2, 0.25) is 0 Å². The Labute approximate surface area is 71.0 Å². The van der Waals surface area contributed by atoms with Gasteiger partial charge >= 0.3 is 0 Å². The van der Waals surface area contributed by atoms with Crippen molar-refractivity contribution in [3.8, 4) is 0 Å². The van der Waals surface area contributed by atoms with Gasteiger partial charge in [-0.3, -0.25) is 0 Å². The Morgan fingerprint density at radius 1 is 1.33 bits per heavy atom. The number of halogens is 1. The van der Waals surface area contributed by atoms with Crippen molar-refractivity contribution < 1.29 is 5.11 Å². The molecule has 0 bridgehead atoms. The van der Waals surface area contributed by atoms with Gasteiger partial charge < -0.3 is 5.11 Å². The predicted molar refractivity (Wildman–Crippen MR) is 48.9 cm³/mol. The zero-order chi connectivity index (χ0) is 7.44. The van der Waals surface area contributed by atoms with Crippen LogP contribution in [0.5, 0.6) is 0 Å². The molecule has 0 heterocycles. The highest BCUT2D eigenvalue weighted by molar-refractivity contribution is 14.1. The van der Waals surface area contributed by atoms with Gasteiger partial charge in [-0.15, -0.1) is 0 Å². The van der Waals surface area contributed by atoms with E-state index in [4.69, 9.17) is 0 Å². The first-order valence-corrected chi connectivity index (χ1v) is 4.86. The van der Waals surface area contributed by atoms with E-state index in [-0.39, 0.29) is 6.10 Å². The van der Waals surface area contributed by atoms with Gasteiger partial charge in [0.15, 0.2) is 0 Å². The maximum Gasteiger partial charge on any atom is 0.0595 e. The smallest absolute Gasteiger partial charge is 0.0595 e. The molecule has 0 saturated heterocycles. The molecule has 0 aliphatic heterocycles. The SMILES string of the molecule is CC(C)C(O)C(C)CI. The lowest BCUT2D eigenvalue weighted by Crippen LogP contribution is -2.24. The molecule has 1 nitrogen and oxygen atoms in total. The van der Waals surface area contributed by atoms with Crippen LogP contribution < -0.4 is 0 Å². The highest BCUT2D eigenvalue weighted by atomic mass is 127. The van der Waals surface area contributed by atoms with Gasteiger partial charge in [0.25, 0.3) is 0 Å². The summed E-state index contributed by atoms with van der Waals surface area (Å²) < 4.78 is 1.04. The summed E-state index contributed by atoms with van der Waals surface area (Å²) in [5, 5.41) is 9.39. The summed E-state index contributed by atoms with van der Waals surface area (Å²) in [6.07, 6.45) is -0.123. The topological polar surface area (TPSA) is 20.2 Å². The number of alkyl halides is 1. The molecule has 2 atom stereocenters. The first kappa shape index (κ1) is 9.69. The lowest BCUT2D eigenvalue weighted by molar-refractivity contribution is 0.0831. The molecule has 56 valence electrons. The molecule has 0 amide bonds. The molecule has 2 unspecified atom stereocenters. The molecule has 0 saturated carbocycles. The molecule has 0 fully saturated rings. The summed E-state index contributed by atoms with van der Waals surface area (Å²) in [7, 11) is 0. The zero-order valence-electron chi connectivity index (χ0n) is 6.26. The molecule has 0 aromatic rings. The normalized spacial score (nSPS) is 18.0. The monoisotopic (exact) mass is 242 g/mol. The van der Waals surface area contributed by atoms with E-state index < -0.39 is 0 Å². The third kappa shape index (κ3) is 3.40. The number of rotatable bonds is 3. The molecule has 2 heteroatoms. The van der Waals surface area contributed by atoms with Gasteiger partial charge in [-0.05, 0) is 11.8 Å². The summed E-state index contributed by atoms with van der Waals surface area (Å²) in [6, 6.07) is 0. The maximum atomic E-state index is 9.39. The van der Waals surface area contributed by atoms with Crippen LogP contribution >= 0.6 is 22.6 Å². The molecule has 0 radical (unpaired) electrons. The van der Waals surface area contributed by atoms with Crippen molar-refractivity contribution >= 4 is 22.6 Å². The molecule has 9 heavy (non-hydrogen) atoms.